The molecule has 0 bridgehead atoms. The van der Waals surface area contributed by atoms with Gasteiger partial charge in [-0.2, -0.15) is 11.8 Å². The Balaban J connectivity index is 1.53. The van der Waals surface area contributed by atoms with Crippen molar-refractivity contribution in [1.29, 1.82) is 0 Å². The number of benzene rings is 2. The molecule has 2 rings (SSSR count). The molecule has 3 heteroatoms. The van der Waals surface area contributed by atoms with E-state index in [1.54, 1.807) is 11.8 Å². The molecule has 0 radical (unpaired) electrons. The molecule has 0 saturated carbocycles. The maximum Gasteiger partial charge on any atom is 0.105 e. The Labute approximate surface area is 142 Å². The van der Waals surface area contributed by atoms with Crippen molar-refractivity contribution in [1.82, 2.24) is 0 Å². The Morgan fingerprint density at radius 3 is 1.43 bits per heavy atom. The normalized spacial score (nSPS) is 13.7. The summed E-state index contributed by atoms with van der Waals surface area (Å²) in [4.78, 5) is 0. The quantitative estimate of drug-likeness (QED) is 0.505. The van der Waals surface area contributed by atoms with Crippen LogP contribution in [0.15, 0.2) is 60.7 Å². The Kier molecular flexibility index (Phi) is 8.16. The van der Waals surface area contributed by atoms with E-state index in [0.717, 1.165) is 22.6 Å². The topological polar surface area (TPSA) is 0 Å². The molecule has 23 heavy (non-hydrogen) atoms. The van der Waals surface area contributed by atoms with Crippen LogP contribution in [0.4, 0.5) is 8.78 Å². The van der Waals surface area contributed by atoms with Crippen molar-refractivity contribution >= 4 is 11.8 Å². The lowest BCUT2D eigenvalue weighted by atomic mass is 10.1. The molecule has 0 spiro atoms. The van der Waals surface area contributed by atoms with Gasteiger partial charge in [-0.25, -0.2) is 8.78 Å². The third-order valence-corrected chi connectivity index (χ3v) is 4.80. The molecular formula is C20H24F2S. The van der Waals surface area contributed by atoms with Crippen LogP contribution in [0.2, 0.25) is 0 Å². The van der Waals surface area contributed by atoms with Crippen molar-refractivity contribution in [2.75, 3.05) is 11.5 Å². The summed E-state index contributed by atoms with van der Waals surface area (Å²) in [6.07, 6.45) is 0.401. The minimum absolute atomic E-state index is 0.473. The molecule has 124 valence electrons. The molecule has 2 aromatic rings. The van der Waals surface area contributed by atoms with E-state index in [-0.39, 0.29) is 0 Å². The van der Waals surface area contributed by atoms with Crippen LogP contribution >= 0.6 is 11.8 Å². The zero-order chi connectivity index (χ0) is 16.3. The average Bonchev–Trinajstić information content (AvgIpc) is 2.56. The van der Waals surface area contributed by atoms with Crippen LogP contribution in [0.5, 0.6) is 0 Å². The van der Waals surface area contributed by atoms with E-state index in [1.807, 2.05) is 60.7 Å². The summed E-state index contributed by atoms with van der Waals surface area (Å²) in [6.45, 7) is 0. The molecule has 0 heterocycles. The molecule has 0 aromatic heterocycles. The largest absolute Gasteiger partial charge is 0.247 e. The Morgan fingerprint density at radius 2 is 1.04 bits per heavy atom. The second kappa shape index (κ2) is 10.4. The maximum absolute atomic E-state index is 13.9. The van der Waals surface area contributed by atoms with Crippen LogP contribution in [0.3, 0.4) is 0 Å². The van der Waals surface area contributed by atoms with Gasteiger partial charge in [0.25, 0.3) is 0 Å². The van der Waals surface area contributed by atoms with Gasteiger partial charge < -0.3 is 0 Å². The first-order valence-electron chi connectivity index (χ1n) is 8.18. The highest BCUT2D eigenvalue weighted by atomic mass is 32.2. The number of halogens is 2. The summed E-state index contributed by atoms with van der Waals surface area (Å²) < 4.78 is 27.7. The molecule has 0 aliphatic carbocycles. The van der Waals surface area contributed by atoms with Gasteiger partial charge in [0.2, 0.25) is 0 Å². The van der Waals surface area contributed by atoms with Gasteiger partial charge in [0.1, 0.15) is 12.3 Å². The first-order valence-corrected chi connectivity index (χ1v) is 9.33. The van der Waals surface area contributed by atoms with Gasteiger partial charge in [-0.15, -0.1) is 0 Å². The van der Waals surface area contributed by atoms with Gasteiger partial charge in [0.05, 0.1) is 0 Å². The minimum atomic E-state index is -0.810. The van der Waals surface area contributed by atoms with Crippen LogP contribution in [0.25, 0.3) is 0 Å². The summed E-state index contributed by atoms with van der Waals surface area (Å²) in [5.41, 5.74) is 2.08. The summed E-state index contributed by atoms with van der Waals surface area (Å²) in [5.74, 6) is 1.51. The lowest BCUT2D eigenvalue weighted by Gasteiger charge is -2.10. The smallest absolute Gasteiger partial charge is 0.105 e. The summed E-state index contributed by atoms with van der Waals surface area (Å²) >= 11 is 1.65. The number of thioether (sulfide) groups is 1. The molecule has 2 atom stereocenters. The molecule has 2 unspecified atom stereocenters. The van der Waals surface area contributed by atoms with Gasteiger partial charge in [-0.1, -0.05) is 60.7 Å². The standard InChI is InChI=1S/C20H24F2S/c21-19(15-17-7-3-1-4-8-17)11-13-23-14-12-20(22)16-18-9-5-2-6-10-18/h1-10,19-20H,11-16H2. The van der Waals surface area contributed by atoms with Crippen LogP contribution in [-0.4, -0.2) is 23.8 Å². The van der Waals surface area contributed by atoms with E-state index in [9.17, 15) is 8.78 Å². The zero-order valence-electron chi connectivity index (χ0n) is 13.3. The zero-order valence-corrected chi connectivity index (χ0v) is 14.2. The van der Waals surface area contributed by atoms with Crippen LogP contribution in [0.1, 0.15) is 24.0 Å². The number of hydrogen-bond donors (Lipinski definition) is 0. The van der Waals surface area contributed by atoms with E-state index < -0.39 is 12.3 Å². The highest BCUT2D eigenvalue weighted by molar-refractivity contribution is 7.99. The molecule has 0 N–H and O–H groups in total. The van der Waals surface area contributed by atoms with Gasteiger partial charge >= 0.3 is 0 Å². The molecule has 0 aliphatic heterocycles. The predicted molar refractivity (Wildman–Crippen MR) is 96.6 cm³/mol. The summed E-state index contributed by atoms with van der Waals surface area (Å²) in [6, 6.07) is 19.4. The Hall–Kier alpha value is -1.35. The van der Waals surface area contributed by atoms with Crippen molar-refractivity contribution in [3.8, 4) is 0 Å². The van der Waals surface area contributed by atoms with Gasteiger partial charge in [-0.05, 0) is 35.5 Å². The molecule has 2 aromatic carbocycles. The van der Waals surface area contributed by atoms with Crippen molar-refractivity contribution in [2.24, 2.45) is 0 Å². The van der Waals surface area contributed by atoms with E-state index >= 15 is 0 Å². The Morgan fingerprint density at radius 1 is 0.652 bits per heavy atom. The molecule has 0 amide bonds. The third kappa shape index (κ3) is 7.65. The first kappa shape index (κ1) is 18.0. The SMILES string of the molecule is FC(CCSCCC(F)Cc1ccccc1)Cc1ccccc1. The fourth-order valence-electron chi connectivity index (χ4n) is 2.47. The van der Waals surface area contributed by atoms with Gasteiger partial charge in [-0.3, -0.25) is 0 Å². The van der Waals surface area contributed by atoms with Crippen molar-refractivity contribution in [3.05, 3.63) is 71.8 Å². The van der Waals surface area contributed by atoms with Crippen molar-refractivity contribution in [2.45, 2.75) is 38.0 Å². The second-order valence-corrected chi connectivity index (χ2v) is 6.99. The number of rotatable bonds is 10. The monoisotopic (exact) mass is 334 g/mol. The minimum Gasteiger partial charge on any atom is -0.247 e. The molecule has 0 saturated heterocycles. The lowest BCUT2D eigenvalue weighted by Crippen LogP contribution is -2.08. The third-order valence-electron chi connectivity index (χ3n) is 3.75. The lowest BCUT2D eigenvalue weighted by molar-refractivity contribution is 0.323. The predicted octanol–water partition coefficient (Wildman–Crippen LogP) is 5.66. The Bertz CT molecular complexity index is 480. The van der Waals surface area contributed by atoms with Crippen LogP contribution in [-0.2, 0) is 12.8 Å². The number of alkyl halides is 2. The van der Waals surface area contributed by atoms with Crippen molar-refractivity contribution in [3.63, 3.8) is 0 Å². The summed E-state index contributed by atoms with van der Waals surface area (Å²) in [5, 5.41) is 0. The van der Waals surface area contributed by atoms with E-state index in [1.165, 1.54) is 0 Å². The average molecular weight is 334 g/mol. The fourth-order valence-corrected chi connectivity index (χ4v) is 3.52. The second-order valence-electron chi connectivity index (χ2n) is 5.76. The van der Waals surface area contributed by atoms with Crippen LogP contribution < -0.4 is 0 Å². The molecule has 0 aliphatic rings. The highest BCUT2D eigenvalue weighted by Crippen LogP contribution is 2.16. The van der Waals surface area contributed by atoms with Gasteiger partial charge in [0, 0.05) is 12.8 Å². The maximum atomic E-state index is 13.9. The van der Waals surface area contributed by atoms with E-state index in [4.69, 9.17) is 0 Å². The molecule has 0 fully saturated rings. The van der Waals surface area contributed by atoms with Gasteiger partial charge in [0.15, 0.2) is 0 Å². The number of hydrogen-bond acceptors (Lipinski definition) is 1. The fraction of sp³-hybridized carbons (Fsp3) is 0.400. The van der Waals surface area contributed by atoms with Crippen molar-refractivity contribution < 1.29 is 8.78 Å². The highest BCUT2D eigenvalue weighted by Gasteiger charge is 2.10. The van der Waals surface area contributed by atoms with E-state index in [2.05, 4.69) is 0 Å². The molecule has 0 nitrogen and oxygen atoms in total. The van der Waals surface area contributed by atoms with E-state index in [0.29, 0.717) is 25.7 Å². The van der Waals surface area contributed by atoms with Crippen LogP contribution in [0, 0.1) is 0 Å². The molecular weight excluding hydrogens is 310 g/mol. The first-order chi connectivity index (χ1) is 11.2. The summed E-state index contributed by atoms with van der Waals surface area (Å²) in [7, 11) is 0.